The van der Waals surface area contributed by atoms with Crippen LogP contribution in [-0.4, -0.2) is 47.9 Å². The summed E-state index contributed by atoms with van der Waals surface area (Å²) >= 11 is 0. The minimum atomic E-state index is -0.978. The molecule has 35 heavy (non-hydrogen) atoms. The number of Topliss-reactive ketones (excluding diaryl/α,β-unsaturated/α-hetero) is 2. The number of hydrogen-bond acceptors (Lipinski definition) is 5. The van der Waals surface area contributed by atoms with E-state index < -0.39 is 11.0 Å². The van der Waals surface area contributed by atoms with Crippen LogP contribution in [0, 0.1) is 17.3 Å². The van der Waals surface area contributed by atoms with E-state index in [-0.39, 0.29) is 29.5 Å². The van der Waals surface area contributed by atoms with Gasteiger partial charge in [0.15, 0.2) is 0 Å². The van der Waals surface area contributed by atoms with Gasteiger partial charge >= 0.3 is 6.09 Å². The first kappa shape index (κ1) is 27.1. The molecule has 2 aliphatic rings. The standard InChI is InChI=1S/C29H41NO5/c1-5-11-24-18-23(21-34-20-22-12-7-6-8-13-22)19-26(32)29(24)15-10-17-30(16-9-14-25(29)31)27(33)35-28(2,3)4/h5-8,12-13,23-24H,1,9-11,14-21H2,2-4H3. The summed E-state index contributed by atoms with van der Waals surface area (Å²) in [4.78, 5) is 41.6. The average molecular weight is 484 g/mol. The van der Waals surface area contributed by atoms with E-state index in [1.807, 2.05) is 57.2 Å². The van der Waals surface area contributed by atoms with Gasteiger partial charge in [0, 0.05) is 25.9 Å². The van der Waals surface area contributed by atoms with Crippen LogP contribution >= 0.6 is 0 Å². The number of ether oxygens (including phenoxy) is 2. The fraction of sp³-hybridized carbons (Fsp3) is 0.621. The van der Waals surface area contributed by atoms with Crippen LogP contribution in [0.25, 0.3) is 0 Å². The molecule has 1 aliphatic heterocycles. The summed E-state index contributed by atoms with van der Waals surface area (Å²) in [6.45, 7) is 11.4. The van der Waals surface area contributed by atoms with E-state index in [0.717, 1.165) is 12.0 Å². The van der Waals surface area contributed by atoms with Gasteiger partial charge in [0.2, 0.25) is 0 Å². The molecule has 1 amide bonds. The Hall–Kier alpha value is -2.47. The maximum Gasteiger partial charge on any atom is 0.410 e. The summed E-state index contributed by atoms with van der Waals surface area (Å²) in [5, 5.41) is 0. The summed E-state index contributed by atoms with van der Waals surface area (Å²) in [6, 6.07) is 10.00. The number of carbonyl (C=O) groups is 3. The van der Waals surface area contributed by atoms with Gasteiger partial charge < -0.3 is 14.4 Å². The molecule has 0 radical (unpaired) electrons. The predicted octanol–water partition coefficient (Wildman–Crippen LogP) is 5.74. The van der Waals surface area contributed by atoms with Crippen molar-refractivity contribution in [1.29, 1.82) is 0 Å². The first-order valence-corrected chi connectivity index (χ1v) is 12.9. The van der Waals surface area contributed by atoms with Crippen molar-refractivity contribution in [3.63, 3.8) is 0 Å². The molecule has 1 aliphatic carbocycles. The van der Waals surface area contributed by atoms with Gasteiger partial charge in [-0.3, -0.25) is 9.59 Å². The number of amides is 1. The summed E-state index contributed by atoms with van der Waals surface area (Å²) in [6.07, 6.45) is 5.15. The Balaban J connectivity index is 1.69. The quantitative estimate of drug-likeness (QED) is 0.381. The zero-order chi connectivity index (χ0) is 25.5. The Labute approximate surface area is 210 Å². The van der Waals surface area contributed by atoms with Gasteiger partial charge in [-0.05, 0) is 70.3 Å². The predicted molar refractivity (Wildman–Crippen MR) is 136 cm³/mol. The van der Waals surface area contributed by atoms with Gasteiger partial charge in [-0.25, -0.2) is 4.79 Å². The summed E-state index contributed by atoms with van der Waals surface area (Å²) < 4.78 is 11.5. The SMILES string of the molecule is C=CCC1CC(COCc2ccccc2)CC(=O)C12CCCN(C(=O)OC(C)(C)C)CCCC2=O. The highest BCUT2D eigenvalue weighted by atomic mass is 16.6. The lowest BCUT2D eigenvalue weighted by Gasteiger charge is -2.44. The van der Waals surface area contributed by atoms with Crippen LogP contribution in [-0.2, 0) is 25.7 Å². The highest BCUT2D eigenvalue weighted by Crippen LogP contribution is 2.48. The molecule has 3 atom stereocenters. The second kappa shape index (κ2) is 12.0. The fourth-order valence-corrected chi connectivity index (χ4v) is 5.59. The van der Waals surface area contributed by atoms with Gasteiger partial charge in [0.05, 0.1) is 18.6 Å². The Morgan fingerprint density at radius 3 is 2.54 bits per heavy atom. The minimum absolute atomic E-state index is 0.0315. The van der Waals surface area contributed by atoms with Crippen LogP contribution in [0.2, 0.25) is 0 Å². The van der Waals surface area contributed by atoms with E-state index >= 15 is 0 Å². The molecule has 1 spiro atoms. The van der Waals surface area contributed by atoms with Crippen molar-refractivity contribution in [2.24, 2.45) is 17.3 Å². The van der Waals surface area contributed by atoms with Gasteiger partial charge in [-0.15, -0.1) is 6.58 Å². The smallest absolute Gasteiger partial charge is 0.410 e. The fourth-order valence-electron chi connectivity index (χ4n) is 5.59. The number of ketones is 2. The zero-order valence-corrected chi connectivity index (χ0v) is 21.6. The van der Waals surface area contributed by atoms with Crippen molar-refractivity contribution in [1.82, 2.24) is 4.90 Å². The van der Waals surface area contributed by atoms with Crippen molar-refractivity contribution in [3.05, 3.63) is 48.6 Å². The molecule has 3 unspecified atom stereocenters. The lowest BCUT2D eigenvalue weighted by Crippen LogP contribution is -2.50. The van der Waals surface area contributed by atoms with Gasteiger partial charge in [-0.2, -0.15) is 0 Å². The number of nitrogens with zero attached hydrogens (tertiary/aromatic N) is 1. The van der Waals surface area contributed by atoms with E-state index in [2.05, 4.69) is 6.58 Å². The van der Waals surface area contributed by atoms with Gasteiger partial charge in [0.1, 0.15) is 17.2 Å². The maximum absolute atomic E-state index is 13.7. The molecule has 192 valence electrons. The highest BCUT2D eigenvalue weighted by molar-refractivity contribution is 6.08. The molecule has 1 saturated heterocycles. The van der Waals surface area contributed by atoms with Crippen molar-refractivity contribution < 1.29 is 23.9 Å². The number of rotatable bonds is 6. The van der Waals surface area contributed by atoms with Gasteiger partial charge in [-0.1, -0.05) is 36.4 Å². The molecule has 6 heteroatoms. The topological polar surface area (TPSA) is 72.9 Å². The Morgan fingerprint density at radius 2 is 1.86 bits per heavy atom. The molecule has 0 N–H and O–H groups in total. The van der Waals surface area contributed by atoms with Crippen LogP contribution in [0.5, 0.6) is 0 Å². The van der Waals surface area contributed by atoms with Crippen molar-refractivity contribution in [2.75, 3.05) is 19.7 Å². The molecule has 1 saturated carbocycles. The Kier molecular flexibility index (Phi) is 9.28. The number of benzene rings is 1. The molecular formula is C29H41NO5. The maximum atomic E-state index is 13.7. The van der Waals surface area contributed by atoms with Gasteiger partial charge in [0.25, 0.3) is 0 Å². The number of allylic oxidation sites excluding steroid dienone is 1. The molecule has 1 aromatic rings. The second-order valence-electron chi connectivity index (χ2n) is 11.0. The zero-order valence-electron chi connectivity index (χ0n) is 21.6. The summed E-state index contributed by atoms with van der Waals surface area (Å²) in [5.41, 5.74) is -0.443. The van der Waals surface area contributed by atoms with E-state index in [1.165, 1.54) is 0 Å². The molecule has 2 fully saturated rings. The van der Waals surface area contributed by atoms with Crippen LogP contribution in [0.1, 0.15) is 71.3 Å². The second-order valence-corrected chi connectivity index (χ2v) is 11.0. The average Bonchev–Trinajstić information content (AvgIpc) is 2.87. The van der Waals surface area contributed by atoms with Crippen molar-refractivity contribution >= 4 is 17.7 Å². The molecule has 1 aromatic carbocycles. The van der Waals surface area contributed by atoms with E-state index in [4.69, 9.17) is 9.47 Å². The molecule has 0 aromatic heterocycles. The van der Waals surface area contributed by atoms with Crippen LogP contribution in [0.4, 0.5) is 4.79 Å². The normalized spacial score (nSPS) is 26.1. The van der Waals surface area contributed by atoms with Crippen LogP contribution in [0.15, 0.2) is 43.0 Å². The van der Waals surface area contributed by atoms with E-state index in [0.29, 0.717) is 64.8 Å². The monoisotopic (exact) mass is 483 g/mol. The first-order chi connectivity index (χ1) is 16.7. The first-order valence-electron chi connectivity index (χ1n) is 12.9. The third-order valence-electron chi connectivity index (χ3n) is 7.18. The minimum Gasteiger partial charge on any atom is -0.444 e. The van der Waals surface area contributed by atoms with E-state index in [1.54, 1.807) is 4.90 Å². The van der Waals surface area contributed by atoms with Crippen LogP contribution in [0.3, 0.4) is 0 Å². The largest absolute Gasteiger partial charge is 0.444 e. The molecule has 6 nitrogen and oxygen atoms in total. The van der Waals surface area contributed by atoms with Crippen molar-refractivity contribution in [3.8, 4) is 0 Å². The lowest BCUT2D eigenvalue weighted by atomic mass is 9.57. The highest BCUT2D eigenvalue weighted by Gasteiger charge is 2.53. The van der Waals surface area contributed by atoms with Crippen LogP contribution < -0.4 is 0 Å². The molecular weight excluding hydrogens is 442 g/mol. The Bertz CT molecular complexity index is 890. The lowest BCUT2D eigenvalue weighted by molar-refractivity contribution is -0.151. The third kappa shape index (κ3) is 7.03. The third-order valence-corrected chi connectivity index (χ3v) is 7.18. The summed E-state index contributed by atoms with van der Waals surface area (Å²) in [7, 11) is 0. The summed E-state index contributed by atoms with van der Waals surface area (Å²) in [5.74, 6) is 0.0938. The van der Waals surface area contributed by atoms with E-state index in [9.17, 15) is 14.4 Å². The Morgan fingerprint density at radius 1 is 1.14 bits per heavy atom. The van der Waals surface area contributed by atoms with Crippen molar-refractivity contribution in [2.45, 2.75) is 77.9 Å². The molecule has 0 bridgehead atoms. The molecule has 1 heterocycles. The number of hydrogen-bond donors (Lipinski definition) is 0. The number of carbonyl (C=O) groups excluding carboxylic acids is 3. The molecule has 3 rings (SSSR count).